The summed E-state index contributed by atoms with van der Waals surface area (Å²) in [6.07, 6.45) is 9.45. The molecule has 1 aliphatic carbocycles. The van der Waals surface area contributed by atoms with Crippen molar-refractivity contribution >= 4 is 11.7 Å². The fraction of sp³-hybridized carbons (Fsp3) is 0.733. The van der Waals surface area contributed by atoms with Gasteiger partial charge in [-0.15, -0.1) is 0 Å². The van der Waals surface area contributed by atoms with E-state index in [1.807, 2.05) is 0 Å². The predicted molar refractivity (Wildman–Crippen MR) is 83.8 cm³/mol. The van der Waals surface area contributed by atoms with Crippen molar-refractivity contribution in [1.82, 2.24) is 20.0 Å². The average molecular weight is 293 g/mol. The van der Waals surface area contributed by atoms with Crippen molar-refractivity contribution in [3.05, 3.63) is 12.3 Å². The van der Waals surface area contributed by atoms with Gasteiger partial charge in [0.25, 0.3) is 0 Å². The molecule has 1 aromatic heterocycles. The molecule has 0 saturated heterocycles. The SMILES string of the molecule is CN(CCCNC(=O)Cn1ccc(N)n1)C1CCCCC1. The summed E-state index contributed by atoms with van der Waals surface area (Å²) in [6, 6.07) is 2.42. The molecule has 0 bridgehead atoms. The van der Waals surface area contributed by atoms with Crippen LogP contribution < -0.4 is 11.1 Å². The molecule has 0 atom stereocenters. The number of hydrogen-bond donors (Lipinski definition) is 2. The number of rotatable bonds is 7. The third-order valence-electron chi connectivity index (χ3n) is 4.17. The molecule has 1 saturated carbocycles. The second-order valence-corrected chi connectivity index (χ2v) is 5.91. The van der Waals surface area contributed by atoms with Gasteiger partial charge in [0.1, 0.15) is 12.4 Å². The molecule has 1 fully saturated rings. The Labute approximate surface area is 126 Å². The molecule has 1 amide bonds. The minimum absolute atomic E-state index is 0.0154. The minimum Gasteiger partial charge on any atom is -0.382 e. The fourth-order valence-electron chi connectivity index (χ4n) is 2.93. The first-order valence-corrected chi connectivity index (χ1v) is 7.91. The predicted octanol–water partition coefficient (Wildman–Crippen LogP) is 1.24. The smallest absolute Gasteiger partial charge is 0.241 e. The molecule has 21 heavy (non-hydrogen) atoms. The molecule has 6 nitrogen and oxygen atoms in total. The van der Waals surface area contributed by atoms with E-state index < -0.39 is 0 Å². The zero-order valence-corrected chi connectivity index (χ0v) is 12.9. The van der Waals surface area contributed by atoms with Gasteiger partial charge in [-0.25, -0.2) is 0 Å². The standard InChI is InChI=1S/C15H27N5O/c1-19(13-6-3-2-4-7-13)10-5-9-17-15(21)12-20-11-8-14(16)18-20/h8,11,13H,2-7,9-10,12H2,1H3,(H2,16,18)(H,17,21). The van der Waals surface area contributed by atoms with Gasteiger partial charge in [0.15, 0.2) is 0 Å². The molecule has 0 radical (unpaired) electrons. The third kappa shape index (κ3) is 5.38. The Morgan fingerprint density at radius 1 is 1.48 bits per heavy atom. The van der Waals surface area contributed by atoms with Gasteiger partial charge >= 0.3 is 0 Å². The number of hydrogen-bond acceptors (Lipinski definition) is 4. The molecule has 118 valence electrons. The minimum atomic E-state index is -0.0154. The largest absolute Gasteiger partial charge is 0.382 e. The molecule has 1 aromatic rings. The highest BCUT2D eigenvalue weighted by Crippen LogP contribution is 2.21. The zero-order chi connectivity index (χ0) is 15.1. The second kappa shape index (κ2) is 8.02. The molecular formula is C15H27N5O. The summed E-state index contributed by atoms with van der Waals surface area (Å²) in [5.41, 5.74) is 5.51. The second-order valence-electron chi connectivity index (χ2n) is 5.91. The first kappa shape index (κ1) is 15.8. The van der Waals surface area contributed by atoms with Crippen LogP contribution in [0.1, 0.15) is 38.5 Å². The number of carbonyl (C=O) groups is 1. The van der Waals surface area contributed by atoms with Crippen LogP contribution in [-0.2, 0) is 11.3 Å². The molecule has 0 aromatic carbocycles. The number of amides is 1. The highest BCUT2D eigenvalue weighted by Gasteiger charge is 2.17. The van der Waals surface area contributed by atoms with Gasteiger partial charge in [-0.2, -0.15) is 5.10 Å². The Kier molecular flexibility index (Phi) is 6.04. The van der Waals surface area contributed by atoms with Gasteiger partial charge in [0.2, 0.25) is 5.91 Å². The maximum Gasteiger partial charge on any atom is 0.241 e. The van der Waals surface area contributed by atoms with Gasteiger partial charge in [0, 0.05) is 18.8 Å². The number of aromatic nitrogens is 2. The van der Waals surface area contributed by atoms with Gasteiger partial charge in [-0.05, 0) is 38.9 Å². The maximum absolute atomic E-state index is 11.7. The lowest BCUT2D eigenvalue weighted by Crippen LogP contribution is -2.36. The van der Waals surface area contributed by atoms with E-state index in [0.717, 1.165) is 19.0 Å². The number of nitrogens with two attached hydrogens (primary N) is 1. The van der Waals surface area contributed by atoms with Crippen molar-refractivity contribution in [3.63, 3.8) is 0 Å². The van der Waals surface area contributed by atoms with Crippen LogP contribution in [0.3, 0.4) is 0 Å². The molecule has 2 rings (SSSR count). The molecule has 6 heteroatoms. The number of nitrogens with one attached hydrogen (secondary N) is 1. The molecule has 0 aliphatic heterocycles. The zero-order valence-electron chi connectivity index (χ0n) is 12.9. The fourth-order valence-corrected chi connectivity index (χ4v) is 2.93. The Morgan fingerprint density at radius 3 is 2.90 bits per heavy atom. The van der Waals surface area contributed by atoms with Crippen molar-refractivity contribution < 1.29 is 4.79 Å². The summed E-state index contributed by atoms with van der Waals surface area (Å²) < 4.78 is 1.55. The molecule has 3 N–H and O–H groups in total. The van der Waals surface area contributed by atoms with Crippen LogP contribution in [0.5, 0.6) is 0 Å². The summed E-state index contributed by atoms with van der Waals surface area (Å²) >= 11 is 0. The first-order valence-electron chi connectivity index (χ1n) is 7.91. The first-order chi connectivity index (χ1) is 10.1. The Bertz CT molecular complexity index is 439. The molecule has 1 aliphatic rings. The summed E-state index contributed by atoms with van der Waals surface area (Å²) in [7, 11) is 2.20. The van der Waals surface area contributed by atoms with E-state index >= 15 is 0 Å². The van der Waals surface area contributed by atoms with Crippen molar-refractivity contribution in [2.45, 2.75) is 51.1 Å². The quantitative estimate of drug-likeness (QED) is 0.742. The van der Waals surface area contributed by atoms with Crippen LogP contribution >= 0.6 is 0 Å². The monoisotopic (exact) mass is 293 g/mol. The number of carbonyl (C=O) groups excluding carboxylic acids is 1. The van der Waals surface area contributed by atoms with Crippen molar-refractivity contribution in [2.24, 2.45) is 0 Å². The highest BCUT2D eigenvalue weighted by molar-refractivity contribution is 5.75. The maximum atomic E-state index is 11.7. The van der Waals surface area contributed by atoms with Crippen LogP contribution in [0.4, 0.5) is 5.82 Å². The van der Waals surface area contributed by atoms with E-state index in [2.05, 4.69) is 22.4 Å². The lowest BCUT2D eigenvalue weighted by atomic mass is 9.94. The molecule has 0 unspecified atom stereocenters. The molecule has 1 heterocycles. The number of anilines is 1. The topological polar surface area (TPSA) is 76.2 Å². The van der Waals surface area contributed by atoms with Crippen LogP contribution in [0, 0.1) is 0 Å². The van der Waals surface area contributed by atoms with Crippen LogP contribution in [0.2, 0.25) is 0 Å². The Hall–Kier alpha value is -1.56. The van der Waals surface area contributed by atoms with E-state index in [0.29, 0.717) is 12.4 Å². The van der Waals surface area contributed by atoms with Crippen molar-refractivity contribution in [3.8, 4) is 0 Å². The average Bonchev–Trinajstić information content (AvgIpc) is 2.89. The van der Waals surface area contributed by atoms with Gasteiger partial charge < -0.3 is 16.0 Å². The summed E-state index contributed by atoms with van der Waals surface area (Å²) in [6.45, 7) is 1.99. The normalized spacial score (nSPS) is 16.3. The van der Waals surface area contributed by atoms with Crippen LogP contribution in [-0.4, -0.2) is 46.8 Å². The summed E-state index contributed by atoms with van der Waals surface area (Å²) in [5, 5.41) is 6.93. The van der Waals surface area contributed by atoms with Crippen LogP contribution in [0.15, 0.2) is 12.3 Å². The van der Waals surface area contributed by atoms with Gasteiger partial charge in [0.05, 0.1) is 0 Å². The Morgan fingerprint density at radius 2 is 2.24 bits per heavy atom. The number of nitrogens with zero attached hydrogens (tertiary/aromatic N) is 3. The van der Waals surface area contributed by atoms with Gasteiger partial charge in [-0.1, -0.05) is 19.3 Å². The van der Waals surface area contributed by atoms with Crippen molar-refractivity contribution in [2.75, 3.05) is 25.9 Å². The molecular weight excluding hydrogens is 266 g/mol. The Balaban J connectivity index is 1.57. The van der Waals surface area contributed by atoms with E-state index in [1.165, 1.54) is 32.1 Å². The van der Waals surface area contributed by atoms with Crippen LogP contribution in [0.25, 0.3) is 0 Å². The van der Waals surface area contributed by atoms with E-state index in [9.17, 15) is 4.79 Å². The third-order valence-corrected chi connectivity index (χ3v) is 4.17. The van der Waals surface area contributed by atoms with Crippen molar-refractivity contribution in [1.29, 1.82) is 0 Å². The summed E-state index contributed by atoms with van der Waals surface area (Å²) in [5.74, 6) is 0.426. The van der Waals surface area contributed by atoms with E-state index in [4.69, 9.17) is 5.73 Å². The lowest BCUT2D eigenvalue weighted by molar-refractivity contribution is -0.121. The summed E-state index contributed by atoms with van der Waals surface area (Å²) in [4.78, 5) is 14.2. The molecule has 0 spiro atoms. The number of nitrogen functional groups attached to an aromatic ring is 1. The van der Waals surface area contributed by atoms with E-state index in [-0.39, 0.29) is 12.5 Å². The van der Waals surface area contributed by atoms with E-state index in [1.54, 1.807) is 16.9 Å². The highest BCUT2D eigenvalue weighted by atomic mass is 16.2. The lowest BCUT2D eigenvalue weighted by Gasteiger charge is -2.31. The van der Waals surface area contributed by atoms with Gasteiger partial charge in [-0.3, -0.25) is 9.48 Å².